The van der Waals surface area contributed by atoms with Crippen LogP contribution in [0.15, 0.2) is 18.2 Å². The molecule has 0 spiro atoms. The molecule has 5 heteroatoms. The second-order valence-electron chi connectivity index (χ2n) is 5.01. The zero-order valence-electron chi connectivity index (χ0n) is 9.87. The Labute approximate surface area is 105 Å². The molecule has 0 aliphatic heterocycles. The van der Waals surface area contributed by atoms with Gasteiger partial charge in [-0.1, -0.05) is 17.7 Å². The fourth-order valence-corrected chi connectivity index (χ4v) is 2.23. The molecular formula is C12H15ClN2O2. The largest absolute Gasteiger partial charge is 0.373 e. The van der Waals surface area contributed by atoms with Crippen molar-refractivity contribution in [3.05, 3.63) is 33.3 Å². The number of nitro groups is 1. The fraction of sp³-hybridized carbons (Fsp3) is 0.500. The average Bonchev–Trinajstić information content (AvgIpc) is 3.03. The number of rotatable bonds is 4. The van der Waals surface area contributed by atoms with Crippen molar-refractivity contribution >= 4 is 23.0 Å². The molecule has 0 heterocycles. The number of anilines is 1. The van der Waals surface area contributed by atoms with Gasteiger partial charge in [0.25, 0.3) is 5.69 Å². The molecule has 92 valence electrons. The molecule has 4 nitrogen and oxygen atoms in total. The van der Waals surface area contributed by atoms with Gasteiger partial charge in [-0.05, 0) is 38.7 Å². The maximum atomic E-state index is 11.0. The van der Waals surface area contributed by atoms with Crippen LogP contribution in [0.25, 0.3) is 0 Å². The number of nitrogens with zero attached hydrogens (tertiary/aromatic N) is 1. The highest BCUT2D eigenvalue weighted by Gasteiger charge is 2.39. The SMILES string of the molecule is CC(C)(Nc1c(Cl)cccc1[N+](=O)[O-])C1CC1. The zero-order chi connectivity index (χ0) is 12.6. The van der Waals surface area contributed by atoms with Crippen LogP contribution in [-0.2, 0) is 0 Å². The Kier molecular flexibility index (Phi) is 3.00. The standard InChI is InChI=1S/C12H15ClN2O2/c1-12(2,8-6-7-8)14-11-9(13)4-3-5-10(11)15(16)17/h3-5,8,14H,6-7H2,1-2H3. The lowest BCUT2D eigenvalue weighted by Crippen LogP contribution is -2.33. The van der Waals surface area contributed by atoms with E-state index in [4.69, 9.17) is 11.6 Å². The molecule has 0 bridgehead atoms. The minimum Gasteiger partial charge on any atom is -0.373 e. The van der Waals surface area contributed by atoms with Crippen molar-refractivity contribution in [2.45, 2.75) is 32.2 Å². The first-order chi connectivity index (χ1) is 7.92. The molecule has 0 saturated heterocycles. The van der Waals surface area contributed by atoms with Gasteiger partial charge < -0.3 is 5.32 Å². The Morgan fingerprint density at radius 1 is 1.47 bits per heavy atom. The van der Waals surface area contributed by atoms with Crippen LogP contribution in [0.4, 0.5) is 11.4 Å². The van der Waals surface area contributed by atoms with E-state index in [1.807, 2.05) is 0 Å². The number of nitro benzene ring substituents is 1. The Balaban J connectivity index is 2.33. The Hall–Kier alpha value is -1.29. The van der Waals surface area contributed by atoms with Gasteiger partial charge in [-0.15, -0.1) is 0 Å². The maximum absolute atomic E-state index is 11.0. The molecule has 1 saturated carbocycles. The number of hydrogen-bond donors (Lipinski definition) is 1. The summed E-state index contributed by atoms with van der Waals surface area (Å²) in [7, 11) is 0. The third kappa shape index (κ3) is 2.52. The van der Waals surface area contributed by atoms with Gasteiger partial charge in [-0.3, -0.25) is 10.1 Å². The van der Waals surface area contributed by atoms with Gasteiger partial charge in [-0.2, -0.15) is 0 Å². The van der Waals surface area contributed by atoms with E-state index in [2.05, 4.69) is 19.2 Å². The highest BCUT2D eigenvalue weighted by atomic mass is 35.5. The van der Waals surface area contributed by atoms with Crippen molar-refractivity contribution in [3.8, 4) is 0 Å². The molecular weight excluding hydrogens is 240 g/mol. The highest BCUT2D eigenvalue weighted by Crippen LogP contribution is 2.43. The monoisotopic (exact) mass is 254 g/mol. The van der Waals surface area contributed by atoms with Crippen molar-refractivity contribution in [1.29, 1.82) is 0 Å². The lowest BCUT2D eigenvalue weighted by atomic mass is 9.98. The van der Waals surface area contributed by atoms with E-state index in [1.54, 1.807) is 12.1 Å². The second kappa shape index (κ2) is 4.18. The molecule has 1 aliphatic rings. The minimum absolute atomic E-state index is 0.0335. The summed E-state index contributed by atoms with van der Waals surface area (Å²) >= 11 is 6.04. The van der Waals surface area contributed by atoms with E-state index in [1.165, 1.54) is 6.07 Å². The number of para-hydroxylation sites is 1. The van der Waals surface area contributed by atoms with Gasteiger partial charge in [0.05, 0.1) is 9.95 Å². The Bertz CT molecular complexity index is 456. The highest BCUT2D eigenvalue weighted by molar-refractivity contribution is 6.33. The van der Waals surface area contributed by atoms with Crippen LogP contribution in [0.2, 0.25) is 5.02 Å². The molecule has 2 rings (SSSR count). The van der Waals surface area contributed by atoms with Gasteiger partial charge in [-0.25, -0.2) is 0 Å². The van der Waals surface area contributed by atoms with Crippen molar-refractivity contribution in [2.24, 2.45) is 5.92 Å². The normalized spacial score (nSPS) is 15.7. The lowest BCUT2D eigenvalue weighted by molar-refractivity contribution is -0.384. The van der Waals surface area contributed by atoms with Gasteiger partial charge in [0.15, 0.2) is 0 Å². The molecule has 1 aromatic rings. The summed E-state index contributed by atoms with van der Waals surface area (Å²) in [5, 5.41) is 14.6. The van der Waals surface area contributed by atoms with Crippen molar-refractivity contribution in [1.82, 2.24) is 0 Å². The van der Waals surface area contributed by atoms with E-state index >= 15 is 0 Å². The molecule has 1 aromatic carbocycles. The molecule has 0 atom stereocenters. The second-order valence-corrected chi connectivity index (χ2v) is 5.42. The first-order valence-corrected chi connectivity index (χ1v) is 6.00. The maximum Gasteiger partial charge on any atom is 0.293 e. The smallest absolute Gasteiger partial charge is 0.293 e. The van der Waals surface area contributed by atoms with Crippen LogP contribution in [0.1, 0.15) is 26.7 Å². The molecule has 0 aromatic heterocycles. The van der Waals surface area contributed by atoms with E-state index in [0.717, 1.165) is 12.8 Å². The van der Waals surface area contributed by atoms with Gasteiger partial charge >= 0.3 is 0 Å². The zero-order valence-corrected chi connectivity index (χ0v) is 10.6. The van der Waals surface area contributed by atoms with Crippen molar-refractivity contribution in [2.75, 3.05) is 5.32 Å². The molecule has 1 N–H and O–H groups in total. The van der Waals surface area contributed by atoms with Crippen LogP contribution >= 0.6 is 11.6 Å². The molecule has 0 unspecified atom stereocenters. The summed E-state index contributed by atoms with van der Waals surface area (Å²) in [6.07, 6.45) is 2.33. The molecule has 17 heavy (non-hydrogen) atoms. The Morgan fingerprint density at radius 2 is 2.12 bits per heavy atom. The van der Waals surface area contributed by atoms with Gasteiger partial charge in [0.1, 0.15) is 5.69 Å². The summed E-state index contributed by atoms with van der Waals surface area (Å²) < 4.78 is 0. The first-order valence-electron chi connectivity index (χ1n) is 5.63. The fourth-order valence-electron chi connectivity index (χ4n) is 2.02. The van der Waals surface area contributed by atoms with E-state index in [0.29, 0.717) is 16.6 Å². The van der Waals surface area contributed by atoms with Crippen LogP contribution in [0, 0.1) is 16.0 Å². The summed E-state index contributed by atoms with van der Waals surface area (Å²) in [5.41, 5.74) is 0.303. The van der Waals surface area contributed by atoms with Gasteiger partial charge in [0.2, 0.25) is 0 Å². The van der Waals surface area contributed by atoms with E-state index in [-0.39, 0.29) is 11.2 Å². The third-order valence-electron chi connectivity index (χ3n) is 3.23. The number of benzene rings is 1. The van der Waals surface area contributed by atoms with Crippen LogP contribution in [-0.4, -0.2) is 10.5 Å². The topological polar surface area (TPSA) is 55.2 Å². The summed E-state index contributed by atoms with van der Waals surface area (Å²) in [6.45, 7) is 4.11. The summed E-state index contributed by atoms with van der Waals surface area (Å²) in [4.78, 5) is 10.5. The van der Waals surface area contributed by atoms with Gasteiger partial charge in [0, 0.05) is 11.6 Å². The predicted octanol–water partition coefficient (Wildman–Crippen LogP) is 3.85. The number of nitrogens with one attached hydrogen (secondary N) is 1. The average molecular weight is 255 g/mol. The predicted molar refractivity (Wildman–Crippen MR) is 68.5 cm³/mol. The first kappa shape index (κ1) is 12.2. The van der Waals surface area contributed by atoms with Crippen molar-refractivity contribution in [3.63, 3.8) is 0 Å². The molecule has 1 fully saturated rings. The number of halogens is 1. The Morgan fingerprint density at radius 3 is 2.65 bits per heavy atom. The summed E-state index contributed by atoms with van der Waals surface area (Å²) in [6, 6.07) is 4.73. The van der Waals surface area contributed by atoms with Crippen molar-refractivity contribution < 1.29 is 4.92 Å². The third-order valence-corrected chi connectivity index (χ3v) is 3.55. The number of hydrogen-bond acceptors (Lipinski definition) is 3. The van der Waals surface area contributed by atoms with Crippen LogP contribution in [0.5, 0.6) is 0 Å². The minimum atomic E-state index is -0.406. The van der Waals surface area contributed by atoms with E-state index in [9.17, 15) is 10.1 Å². The van der Waals surface area contributed by atoms with Crippen LogP contribution < -0.4 is 5.32 Å². The lowest BCUT2D eigenvalue weighted by Gasteiger charge is -2.27. The summed E-state index contributed by atoms with van der Waals surface area (Å²) in [5.74, 6) is 0.568. The van der Waals surface area contributed by atoms with E-state index < -0.39 is 4.92 Å². The van der Waals surface area contributed by atoms with Crippen LogP contribution in [0.3, 0.4) is 0 Å². The molecule has 0 amide bonds. The molecule has 1 aliphatic carbocycles. The molecule has 0 radical (unpaired) electrons. The quantitative estimate of drug-likeness (QED) is 0.656.